The summed E-state index contributed by atoms with van der Waals surface area (Å²) in [6.45, 7) is 1.50. The topological polar surface area (TPSA) is 61.7 Å². The lowest BCUT2D eigenvalue weighted by Crippen LogP contribution is -2.33. The van der Waals surface area contributed by atoms with Crippen molar-refractivity contribution in [1.29, 1.82) is 0 Å². The van der Waals surface area contributed by atoms with Crippen LogP contribution in [-0.2, 0) is 13.0 Å². The number of aromatic hydroxyl groups is 2. The Hall–Kier alpha value is -2.20. The van der Waals surface area contributed by atoms with Gasteiger partial charge in [-0.1, -0.05) is 18.2 Å². The minimum absolute atomic E-state index is 0.122. The zero-order valence-corrected chi connectivity index (χ0v) is 11.7. The van der Waals surface area contributed by atoms with E-state index in [1.807, 2.05) is 18.2 Å². The summed E-state index contributed by atoms with van der Waals surface area (Å²) >= 11 is 0. The van der Waals surface area contributed by atoms with Crippen LogP contribution in [0.15, 0.2) is 42.5 Å². The Kier molecular flexibility index (Phi) is 3.97. The van der Waals surface area contributed by atoms with Gasteiger partial charge in [-0.2, -0.15) is 0 Å². The number of benzene rings is 2. The lowest BCUT2D eigenvalue weighted by Gasteiger charge is -2.26. The Bertz CT molecular complexity index is 610. The first-order valence-electron chi connectivity index (χ1n) is 7.18. The van der Waals surface area contributed by atoms with Crippen molar-refractivity contribution in [3.05, 3.63) is 53.6 Å². The highest BCUT2D eigenvalue weighted by Crippen LogP contribution is 2.30. The van der Waals surface area contributed by atoms with E-state index in [0.717, 1.165) is 42.8 Å². The minimum atomic E-state index is 0.122. The molecule has 21 heavy (non-hydrogen) atoms. The predicted molar refractivity (Wildman–Crippen MR) is 80.7 cm³/mol. The highest BCUT2D eigenvalue weighted by molar-refractivity contribution is 5.41. The minimum Gasteiger partial charge on any atom is -0.508 e. The van der Waals surface area contributed by atoms with Gasteiger partial charge in [0.1, 0.15) is 23.4 Å². The van der Waals surface area contributed by atoms with Gasteiger partial charge in [0.15, 0.2) is 0 Å². The summed E-state index contributed by atoms with van der Waals surface area (Å²) < 4.78 is 5.91. The molecule has 0 fully saturated rings. The summed E-state index contributed by atoms with van der Waals surface area (Å²) in [4.78, 5) is 0. The van der Waals surface area contributed by atoms with Crippen LogP contribution in [0.5, 0.6) is 17.2 Å². The molecule has 0 radical (unpaired) electrons. The molecule has 2 aromatic carbocycles. The third kappa shape index (κ3) is 3.47. The summed E-state index contributed by atoms with van der Waals surface area (Å²) in [5.74, 6) is 1.31. The monoisotopic (exact) mass is 285 g/mol. The lowest BCUT2D eigenvalue weighted by atomic mass is 10.0. The highest BCUT2D eigenvalue weighted by Gasteiger charge is 2.19. The standard InChI is InChI=1S/C17H19NO3/c19-14-5-1-12(2-6-14)10-18-11-16-8-4-13-3-7-15(20)9-17(13)21-16/h1-3,5-7,9,16,18-20H,4,8,10-11H2/t16-/m0/s1. The molecule has 1 aliphatic rings. The van der Waals surface area contributed by atoms with E-state index in [-0.39, 0.29) is 17.6 Å². The zero-order chi connectivity index (χ0) is 14.7. The molecule has 0 saturated carbocycles. The van der Waals surface area contributed by atoms with Crippen molar-refractivity contribution in [2.45, 2.75) is 25.5 Å². The van der Waals surface area contributed by atoms with E-state index in [1.54, 1.807) is 24.3 Å². The molecule has 110 valence electrons. The molecular formula is C17H19NO3. The first-order chi connectivity index (χ1) is 10.2. The number of nitrogens with one attached hydrogen (secondary N) is 1. The number of rotatable bonds is 4. The summed E-state index contributed by atoms with van der Waals surface area (Å²) in [6, 6.07) is 12.5. The van der Waals surface area contributed by atoms with E-state index < -0.39 is 0 Å². The Balaban J connectivity index is 1.52. The first kappa shape index (κ1) is 13.8. The molecule has 0 spiro atoms. The molecule has 1 heterocycles. The molecule has 3 N–H and O–H groups in total. The van der Waals surface area contributed by atoms with Gasteiger partial charge in [0.05, 0.1) is 0 Å². The van der Waals surface area contributed by atoms with E-state index in [4.69, 9.17) is 4.74 Å². The molecule has 0 unspecified atom stereocenters. The number of fused-ring (bicyclic) bond motifs is 1. The van der Waals surface area contributed by atoms with E-state index in [2.05, 4.69) is 5.32 Å². The zero-order valence-electron chi connectivity index (χ0n) is 11.7. The maximum Gasteiger partial charge on any atom is 0.126 e. The van der Waals surface area contributed by atoms with Crippen molar-refractivity contribution < 1.29 is 14.9 Å². The van der Waals surface area contributed by atoms with Crippen LogP contribution in [0.2, 0.25) is 0 Å². The van der Waals surface area contributed by atoms with Gasteiger partial charge >= 0.3 is 0 Å². The molecule has 0 saturated heterocycles. The quantitative estimate of drug-likeness (QED) is 0.808. The van der Waals surface area contributed by atoms with Crippen LogP contribution in [0.3, 0.4) is 0 Å². The third-order valence-corrected chi connectivity index (χ3v) is 3.72. The molecule has 1 atom stereocenters. The predicted octanol–water partition coefficient (Wildman–Crippen LogP) is 2.58. The van der Waals surface area contributed by atoms with Crippen LogP contribution in [-0.4, -0.2) is 22.9 Å². The molecule has 4 heteroatoms. The molecule has 4 nitrogen and oxygen atoms in total. The smallest absolute Gasteiger partial charge is 0.126 e. The molecule has 2 aromatic rings. The lowest BCUT2D eigenvalue weighted by molar-refractivity contribution is 0.169. The van der Waals surface area contributed by atoms with Crippen LogP contribution in [0.4, 0.5) is 0 Å². The van der Waals surface area contributed by atoms with Crippen LogP contribution < -0.4 is 10.1 Å². The van der Waals surface area contributed by atoms with Crippen LogP contribution in [0.1, 0.15) is 17.5 Å². The fourth-order valence-corrected chi connectivity index (χ4v) is 2.55. The summed E-state index contributed by atoms with van der Waals surface area (Å²) in [5.41, 5.74) is 2.28. The van der Waals surface area contributed by atoms with E-state index in [1.165, 1.54) is 0 Å². The molecule has 1 aliphatic heterocycles. The SMILES string of the molecule is Oc1ccc(CNC[C@@H]2CCc3ccc(O)cc3O2)cc1. The highest BCUT2D eigenvalue weighted by atomic mass is 16.5. The van der Waals surface area contributed by atoms with Crippen LogP contribution >= 0.6 is 0 Å². The Labute approximate surface area is 124 Å². The Morgan fingerprint density at radius 1 is 1.05 bits per heavy atom. The summed E-state index contributed by atoms with van der Waals surface area (Å²) in [5, 5.41) is 22.1. The number of phenolic OH excluding ortho intramolecular Hbond substituents is 2. The van der Waals surface area contributed by atoms with Crippen LogP contribution in [0, 0.1) is 0 Å². The number of ether oxygens (including phenoxy) is 1. The van der Waals surface area contributed by atoms with Crippen molar-refractivity contribution in [2.24, 2.45) is 0 Å². The summed E-state index contributed by atoms with van der Waals surface area (Å²) in [6.07, 6.45) is 2.07. The average Bonchev–Trinajstić information content (AvgIpc) is 2.49. The first-order valence-corrected chi connectivity index (χ1v) is 7.18. The molecule has 0 bridgehead atoms. The normalized spacial score (nSPS) is 17.0. The molecule has 3 rings (SSSR count). The molecule has 0 amide bonds. The van der Waals surface area contributed by atoms with Crippen LogP contribution in [0.25, 0.3) is 0 Å². The molecular weight excluding hydrogens is 266 g/mol. The fraction of sp³-hybridized carbons (Fsp3) is 0.294. The largest absolute Gasteiger partial charge is 0.508 e. The summed E-state index contributed by atoms with van der Waals surface area (Å²) in [7, 11) is 0. The maximum atomic E-state index is 9.51. The Morgan fingerprint density at radius 2 is 1.81 bits per heavy atom. The molecule has 0 aromatic heterocycles. The van der Waals surface area contributed by atoms with E-state index in [9.17, 15) is 10.2 Å². The van der Waals surface area contributed by atoms with Gasteiger partial charge in [-0.3, -0.25) is 0 Å². The van der Waals surface area contributed by atoms with E-state index in [0.29, 0.717) is 0 Å². The van der Waals surface area contributed by atoms with Crippen molar-refractivity contribution >= 4 is 0 Å². The second-order valence-electron chi connectivity index (χ2n) is 5.37. The van der Waals surface area contributed by atoms with Gasteiger partial charge in [0, 0.05) is 19.2 Å². The van der Waals surface area contributed by atoms with Gasteiger partial charge in [-0.15, -0.1) is 0 Å². The van der Waals surface area contributed by atoms with Gasteiger partial charge in [-0.05, 0) is 42.2 Å². The Morgan fingerprint density at radius 3 is 2.62 bits per heavy atom. The van der Waals surface area contributed by atoms with Crippen molar-refractivity contribution in [2.75, 3.05) is 6.54 Å². The maximum absolute atomic E-state index is 9.51. The molecule has 0 aliphatic carbocycles. The van der Waals surface area contributed by atoms with E-state index >= 15 is 0 Å². The fourth-order valence-electron chi connectivity index (χ4n) is 2.55. The van der Waals surface area contributed by atoms with Gasteiger partial charge < -0.3 is 20.3 Å². The number of hydrogen-bond donors (Lipinski definition) is 3. The third-order valence-electron chi connectivity index (χ3n) is 3.72. The number of aryl methyl sites for hydroxylation is 1. The number of hydrogen-bond acceptors (Lipinski definition) is 4. The van der Waals surface area contributed by atoms with Gasteiger partial charge in [0.25, 0.3) is 0 Å². The van der Waals surface area contributed by atoms with Gasteiger partial charge in [-0.25, -0.2) is 0 Å². The van der Waals surface area contributed by atoms with Gasteiger partial charge in [0.2, 0.25) is 0 Å². The van der Waals surface area contributed by atoms with Crippen molar-refractivity contribution in [3.8, 4) is 17.2 Å². The second kappa shape index (κ2) is 6.06. The second-order valence-corrected chi connectivity index (χ2v) is 5.37. The van der Waals surface area contributed by atoms with Crippen molar-refractivity contribution in [1.82, 2.24) is 5.32 Å². The number of phenols is 2. The van der Waals surface area contributed by atoms with Crippen molar-refractivity contribution in [3.63, 3.8) is 0 Å². The average molecular weight is 285 g/mol.